The third-order valence-electron chi connectivity index (χ3n) is 3.18. The predicted octanol–water partition coefficient (Wildman–Crippen LogP) is 2.55. The smallest absolute Gasteiger partial charge is 0.0950 e. The van der Waals surface area contributed by atoms with Crippen LogP contribution in [0.25, 0.3) is 0 Å². The molecule has 14 heavy (non-hydrogen) atoms. The summed E-state index contributed by atoms with van der Waals surface area (Å²) in [5.74, 6) is 0. The summed E-state index contributed by atoms with van der Waals surface area (Å²) in [6, 6.07) is 2.34. The van der Waals surface area contributed by atoms with E-state index < -0.39 is 0 Å². The summed E-state index contributed by atoms with van der Waals surface area (Å²) in [5.41, 5.74) is 0. The second-order valence-electron chi connectivity index (χ2n) is 4.07. The van der Waals surface area contributed by atoms with Gasteiger partial charge in [0.05, 0.1) is 12.1 Å². The van der Waals surface area contributed by atoms with E-state index >= 15 is 0 Å². The molecule has 0 radical (unpaired) electrons. The van der Waals surface area contributed by atoms with Crippen molar-refractivity contribution in [3.8, 4) is 6.07 Å². The Labute approximate surface area is 91.4 Å². The van der Waals surface area contributed by atoms with Crippen molar-refractivity contribution in [2.24, 2.45) is 0 Å². The number of nitrogens with zero attached hydrogens (tertiary/aromatic N) is 1. The number of nitriles is 1. The van der Waals surface area contributed by atoms with Crippen LogP contribution < -0.4 is 5.32 Å². The largest absolute Gasteiger partial charge is 0.301 e. The molecule has 0 aromatic heterocycles. The van der Waals surface area contributed by atoms with Gasteiger partial charge in [0.15, 0.2) is 0 Å². The minimum absolute atomic E-state index is 0.0413. The molecule has 1 atom stereocenters. The summed E-state index contributed by atoms with van der Waals surface area (Å²) < 4.78 is 0.421. The standard InChI is InChI=1S/C11H20N2S/c1-3-10(8-12)13-9-11(14-2)6-4-5-7-11/h10,13H,3-7,9H2,1-2H3. The van der Waals surface area contributed by atoms with Gasteiger partial charge in [0.2, 0.25) is 0 Å². The van der Waals surface area contributed by atoms with Crippen molar-refractivity contribution < 1.29 is 0 Å². The zero-order valence-electron chi connectivity index (χ0n) is 9.18. The fourth-order valence-electron chi connectivity index (χ4n) is 2.06. The van der Waals surface area contributed by atoms with Gasteiger partial charge >= 0.3 is 0 Å². The molecule has 0 aromatic carbocycles. The van der Waals surface area contributed by atoms with Gasteiger partial charge in [0, 0.05) is 11.3 Å². The van der Waals surface area contributed by atoms with E-state index in [1.807, 2.05) is 11.8 Å². The minimum Gasteiger partial charge on any atom is -0.301 e. The van der Waals surface area contributed by atoms with Crippen molar-refractivity contribution in [3.63, 3.8) is 0 Å². The maximum Gasteiger partial charge on any atom is 0.0950 e. The van der Waals surface area contributed by atoms with E-state index in [0.717, 1.165) is 13.0 Å². The van der Waals surface area contributed by atoms with Gasteiger partial charge in [0.25, 0.3) is 0 Å². The predicted molar refractivity (Wildman–Crippen MR) is 62.4 cm³/mol. The Morgan fingerprint density at radius 2 is 2.14 bits per heavy atom. The van der Waals surface area contributed by atoms with E-state index in [0.29, 0.717) is 4.75 Å². The Morgan fingerprint density at radius 3 is 2.57 bits per heavy atom. The Morgan fingerprint density at radius 1 is 1.50 bits per heavy atom. The molecule has 1 aliphatic carbocycles. The molecule has 0 heterocycles. The van der Waals surface area contributed by atoms with Crippen LogP contribution in [0.1, 0.15) is 39.0 Å². The average Bonchev–Trinajstić information content (AvgIpc) is 2.69. The first-order valence-corrected chi connectivity index (χ1v) is 6.67. The highest BCUT2D eigenvalue weighted by atomic mass is 32.2. The van der Waals surface area contributed by atoms with Crippen LogP contribution in [-0.2, 0) is 0 Å². The molecule has 1 saturated carbocycles. The average molecular weight is 212 g/mol. The molecule has 1 fully saturated rings. The van der Waals surface area contributed by atoms with E-state index in [2.05, 4.69) is 24.6 Å². The van der Waals surface area contributed by atoms with Crippen molar-refractivity contribution in [2.75, 3.05) is 12.8 Å². The second kappa shape index (κ2) is 5.63. The van der Waals surface area contributed by atoms with Crippen LogP contribution in [0.3, 0.4) is 0 Å². The quantitative estimate of drug-likeness (QED) is 0.761. The Hall–Kier alpha value is -0.200. The number of thioether (sulfide) groups is 1. The minimum atomic E-state index is 0.0413. The second-order valence-corrected chi connectivity index (χ2v) is 5.34. The van der Waals surface area contributed by atoms with Crippen LogP contribution in [0.15, 0.2) is 0 Å². The number of hydrogen-bond acceptors (Lipinski definition) is 3. The highest BCUT2D eigenvalue weighted by Gasteiger charge is 2.32. The molecule has 3 heteroatoms. The summed E-state index contributed by atoms with van der Waals surface area (Å²) in [7, 11) is 0. The summed E-state index contributed by atoms with van der Waals surface area (Å²) in [5, 5.41) is 12.2. The number of hydrogen-bond donors (Lipinski definition) is 1. The fourth-order valence-corrected chi connectivity index (χ4v) is 2.99. The number of nitrogens with one attached hydrogen (secondary N) is 1. The highest BCUT2D eigenvalue weighted by molar-refractivity contribution is 8.00. The summed E-state index contributed by atoms with van der Waals surface area (Å²) >= 11 is 1.97. The fraction of sp³-hybridized carbons (Fsp3) is 0.909. The number of rotatable bonds is 5. The Balaban J connectivity index is 2.38. The molecule has 0 spiro atoms. The van der Waals surface area contributed by atoms with Crippen LogP contribution >= 0.6 is 11.8 Å². The van der Waals surface area contributed by atoms with E-state index in [-0.39, 0.29) is 6.04 Å². The van der Waals surface area contributed by atoms with Gasteiger partial charge in [-0.25, -0.2) is 0 Å². The van der Waals surface area contributed by atoms with E-state index in [1.54, 1.807) is 0 Å². The molecule has 0 saturated heterocycles. The molecule has 1 unspecified atom stereocenters. The first-order valence-electron chi connectivity index (χ1n) is 5.44. The Bertz CT molecular complexity index is 204. The third-order valence-corrected chi connectivity index (χ3v) is 4.60. The molecule has 0 aromatic rings. The first-order chi connectivity index (χ1) is 6.76. The monoisotopic (exact) mass is 212 g/mol. The van der Waals surface area contributed by atoms with Crippen LogP contribution in [0.4, 0.5) is 0 Å². The van der Waals surface area contributed by atoms with Gasteiger partial charge in [-0.15, -0.1) is 0 Å². The normalized spacial score (nSPS) is 21.8. The van der Waals surface area contributed by atoms with Crippen molar-refractivity contribution in [1.29, 1.82) is 5.26 Å². The molecule has 2 nitrogen and oxygen atoms in total. The zero-order chi connectivity index (χ0) is 10.4. The van der Waals surface area contributed by atoms with Gasteiger partial charge in [-0.2, -0.15) is 17.0 Å². The van der Waals surface area contributed by atoms with Gasteiger partial charge in [0.1, 0.15) is 0 Å². The molecule has 0 aliphatic heterocycles. The maximum absolute atomic E-state index is 8.84. The first kappa shape index (κ1) is 11.9. The summed E-state index contributed by atoms with van der Waals surface area (Å²) in [6.45, 7) is 3.06. The highest BCUT2D eigenvalue weighted by Crippen LogP contribution is 2.39. The van der Waals surface area contributed by atoms with E-state index in [4.69, 9.17) is 5.26 Å². The summed E-state index contributed by atoms with van der Waals surface area (Å²) in [6.07, 6.45) is 8.42. The summed E-state index contributed by atoms with van der Waals surface area (Å²) in [4.78, 5) is 0. The van der Waals surface area contributed by atoms with E-state index in [9.17, 15) is 0 Å². The molecule has 0 bridgehead atoms. The zero-order valence-corrected chi connectivity index (χ0v) is 9.99. The molecule has 1 rings (SSSR count). The lowest BCUT2D eigenvalue weighted by Gasteiger charge is -2.28. The molecular formula is C11H20N2S. The van der Waals surface area contributed by atoms with Crippen molar-refractivity contribution in [2.45, 2.75) is 49.8 Å². The third kappa shape index (κ3) is 2.90. The van der Waals surface area contributed by atoms with Crippen LogP contribution in [0, 0.1) is 11.3 Å². The van der Waals surface area contributed by atoms with Gasteiger partial charge < -0.3 is 5.32 Å². The molecule has 80 valence electrons. The topological polar surface area (TPSA) is 35.8 Å². The van der Waals surface area contributed by atoms with Crippen LogP contribution in [0.5, 0.6) is 0 Å². The molecular weight excluding hydrogens is 192 g/mol. The molecule has 1 N–H and O–H groups in total. The SMILES string of the molecule is CCC(C#N)NCC1(SC)CCCC1. The Kier molecular flexibility index (Phi) is 4.77. The van der Waals surface area contributed by atoms with Gasteiger partial charge in [-0.3, -0.25) is 0 Å². The lowest BCUT2D eigenvalue weighted by atomic mass is 10.1. The van der Waals surface area contributed by atoms with Gasteiger partial charge in [-0.1, -0.05) is 19.8 Å². The molecule has 0 amide bonds. The lowest BCUT2D eigenvalue weighted by Crippen LogP contribution is -2.39. The van der Waals surface area contributed by atoms with Crippen molar-refractivity contribution in [1.82, 2.24) is 5.32 Å². The van der Waals surface area contributed by atoms with E-state index in [1.165, 1.54) is 25.7 Å². The van der Waals surface area contributed by atoms with Crippen LogP contribution in [-0.4, -0.2) is 23.6 Å². The maximum atomic E-state index is 8.84. The lowest BCUT2D eigenvalue weighted by molar-refractivity contribution is 0.496. The van der Waals surface area contributed by atoms with Crippen molar-refractivity contribution in [3.05, 3.63) is 0 Å². The van der Waals surface area contributed by atoms with Gasteiger partial charge in [-0.05, 0) is 25.5 Å². The van der Waals surface area contributed by atoms with Crippen LogP contribution in [0.2, 0.25) is 0 Å². The van der Waals surface area contributed by atoms with Crippen molar-refractivity contribution >= 4 is 11.8 Å². The molecule has 1 aliphatic rings.